The topological polar surface area (TPSA) is 87.5 Å². The van der Waals surface area contributed by atoms with Gasteiger partial charge in [0.15, 0.2) is 22.5 Å². The summed E-state index contributed by atoms with van der Waals surface area (Å²) >= 11 is 2.90. The fourth-order valence-electron chi connectivity index (χ4n) is 3.64. The number of para-hydroxylation sites is 2. The number of benzene rings is 2. The van der Waals surface area contributed by atoms with E-state index in [-0.39, 0.29) is 24.5 Å². The summed E-state index contributed by atoms with van der Waals surface area (Å²) in [5.41, 5.74) is 1.76. The van der Waals surface area contributed by atoms with Gasteiger partial charge in [-0.25, -0.2) is 0 Å². The number of methoxy groups -OCH3 is 1. The third-order valence-electron chi connectivity index (χ3n) is 5.31. The first-order chi connectivity index (χ1) is 16.6. The number of thiophene rings is 1. The number of rotatable bonds is 8. The second-order valence-electron chi connectivity index (χ2n) is 7.48. The molecule has 3 heterocycles. The number of hydrogen-bond donors (Lipinski definition) is 1. The third-order valence-corrected chi connectivity index (χ3v) is 7.10. The summed E-state index contributed by atoms with van der Waals surface area (Å²) in [6.07, 6.45) is 0. The van der Waals surface area contributed by atoms with Crippen molar-refractivity contribution < 1.29 is 19.0 Å². The molecule has 1 aliphatic rings. The monoisotopic (exact) mass is 494 g/mol. The summed E-state index contributed by atoms with van der Waals surface area (Å²) in [7, 11) is 1.63. The van der Waals surface area contributed by atoms with E-state index in [1.54, 1.807) is 18.4 Å². The van der Waals surface area contributed by atoms with Crippen molar-refractivity contribution in [3.8, 4) is 33.6 Å². The average molecular weight is 495 g/mol. The zero-order chi connectivity index (χ0) is 23.5. The van der Waals surface area contributed by atoms with Crippen molar-refractivity contribution in [2.75, 3.05) is 19.7 Å². The lowest BCUT2D eigenvalue weighted by Crippen LogP contribution is -2.28. The molecule has 0 saturated heterocycles. The van der Waals surface area contributed by atoms with Crippen LogP contribution in [0.3, 0.4) is 0 Å². The van der Waals surface area contributed by atoms with Crippen molar-refractivity contribution in [2.24, 2.45) is 0 Å². The molecular weight excluding hydrogens is 472 g/mol. The maximum absolute atomic E-state index is 12.8. The summed E-state index contributed by atoms with van der Waals surface area (Å²) < 4.78 is 18.3. The molecule has 0 unspecified atom stereocenters. The van der Waals surface area contributed by atoms with Gasteiger partial charge in [-0.05, 0) is 48.2 Å². The molecule has 8 nitrogen and oxygen atoms in total. The van der Waals surface area contributed by atoms with E-state index in [0.717, 1.165) is 21.9 Å². The van der Waals surface area contributed by atoms with Crippen molar-refractivity contribution >= 4 is 29.0 Å². The molecule has 4 aromatic rings. The quantitative estimate of drug-likeness (QED) is 0.355. The zero-order valence-electron chi connectivity index (χ0n) is 18.6. The van der Waals surface area contributed by atoms with Gasteiger partial charge in [0.2, 0.25) is 12.7 Å². The van der Waals surface area contributed by atoms with Crippen molar-refractivity contribution in [2.45, 2.75) is 18.1 Å². The van der Waals surface area contributed by atoms with Crippen LogP contribution in [0.15, 0.2) is 65.1 Å². The first-order valence-electron chi connectivity index (χ1n) is 10.6. The van der Waals surface area contributed by atoms with Crippen LogP contribution in [-0.4, -0.2) is 40.3 Å². The molecule has 1 aliphatic heterocycles. The Kier molecular flexibility index (Phi) is 6.41. The lowest BCUT2D eigenvalue weighted by Gasteiger charge is -2.15. The minimum Gasteiger partial charge on any atom is -0.495 e. The minimum absolute atomic E-state index is 0.109. The van der Waals surface area contributed by atoms with Gasteiger partial charge in [-0.1, -0.05) is 36.0 Å². The molecular formula is C24H22N4O4S2. The number of nitrogens with one attached hydrogen (secondary N) is 1. The largest absolute Gasteiger partial charge is 0.495 e. The molecule has 174 valence electrons. The van der Waals surface area contributed by atoms with Crippen LogP contribution in [0.25, 0.3) is 16.4 Å². The Bertz CT molecular complexity index is 1310. The molecule has 1 N–H and O–H groups in total. The Morgan fingerprint density at radius 3 is 2.85 bits per heavy atom. The van der Waals surface area contributed by atoms with E-state index in [4.69, 9.17) is 14.2 Å². The van der Waals surface area contributed by atoms with E-state index < -0.39 is 0 Å². The standard InChI is InChI=1S/C24H22N4O4S2/c1-15(16-9-10-19-20(12-16)32-14-31-19)25-22(29)13-34-24-27-26-23(21-8-5-11-33-21)28(24)17-6-3-4-7-18(17)30-2/h3-12,15H,13-14H2,1-2H3,(H,25,29)/t15-/m1/s1. The molecule has 5 rings (SSSR count). The van der Waals surface area contributed by atoms with E-state index in [1.807, 2.05) is 71.5 Å². The van der Waals surface area contributed by atoms with Crippen LogP contribution < -0.4 is 19.5 Å². The van der Waals surface area contributed by atoms with Crippen LogP contribution in [0, 0.1) is 0 Å². The van der Waals surface area contributed by atoms with E-state index in [9.17, 15) is 4.79 Å². The van der Waals surface area contributed by atoms with Crippen molar-refractivity contribution in [3.63, 3.8) is 0 Å². The summed E-state index contributed by atoms with van der Waals surface area (Å²) in [6.45, 7) is 2.16. The van der Waals surface area contributed by atoms with Gasteiger partial charge in [0.25, 0.3) is 0 Å². The van der Waals surface area contributed by atoms with Crippen molar-refractivity contribution in [3.05, 3.63) is 65.5 Å². The summed E-state index contributed by atoms with van der Waals surface area (Å²) in [6, 6.07) is 17.1. The van der Waals surface area contributed by atoms with Crippen LogP contribution >= 0.6 is 23.1 Å². The predicted octanol–water partition coefficient (Wildman–Crippen LogP) is 4.70. The van der Waals surface area contributed by atoms with Crippen LogP contribution in [0.5, 0.6) is 17.2 Å². The number of amides is 1. The highest BCUT2D eigenvalue weighted by atomic mass is 32.2. The lowest BCUT2D eigenvalue weighted by molar-refractivity contribution is -0.119. The van der Waals surface area contributed by atoms with Gasteiger partial charge in [-0.15, -0.1) is 21.5 Å². The SMILES string of the molecule is COc1ccccc1-n1c(SCC(=O)N[C@H](C)c2ccc3c(c2)OCO3)nnc1-c1cccs1. The highest BCUT2D eigenvalue weighted by molar-refractivity contribution is 7.99. The van der Waals surface area contributed by atoms with E-state index in [1.165, 1.54) is 11.8 Å². The summed E-state index contributed by atoms with van der Waals surface area (Å²) in [5, 5.41) is 14.5. The Labute approximate surface area is 204 Å². The fraction of sp³-hybridized carbons (Fsp3) is 0.208. The second-order valence-corrected chi connectivity index (χ2v) is 9.37. The Morgan fingerprint density at radius 2 is 2.03 bits per heavy atom. The van der Waals surface area contributed by atoms with E-state index in [2.05, 4.69) is 15.5 Å². The van der Waals surface area contributed by atoms with Gasteiger partial charge in [0, 0.05) is 0 Å². The molecule has 2 aromatic carbocycles. The molecule has 0 bridgehead atoms. The maximum atomic E-state index is 12.8. The van der Waals surface area contributed by atoms with Crippen molar-refractivity contribution in [1.29, 1.82) is 0 Å². The zero-order valence-corrected chi connectivity index (χ0v) is 20.2. The van der Waals surface area contributed by atoms with Gasteiger partial charge in [0.1, 0.15) is 5.75 Å². The number of fused-ring (bicyclic) bond motifs is 1. The maximum Gasteiger partial charge on any atom is 0.231 e. The number of carbonyl (C=O) groups is 1. The van der Waals surface area contributed by atoms with Crippen LogP contribution in [-0.2, 0) is 4.79 Å². The Morgan fingerprint density at radius 1 is 1.18 bits per heavy atom. The van der Waals surface area contributed by atoms with Gasteiger partial charge in [-0.2, -0.15) is 0 Å². The van der Waals surface area contributed by atoms with Gasteiger partial charge in [-0.3, -0.25) is 9.36 Å². The average Bonchev–Trinajstić information content (AvgIpc) is 3.62. The number of nitrogens with zero attached hydrogens (tertiary/aromatic N) is 3. The minimum atomic E-state index is -0.184. The van der Waals surface area contributed by atoms with Gasteiger partial charge < -0.3 is 19.5 Å². The molecule has 10 heteroatoms. The third kappa shape index (κ3) is 4.46. The molecule has 2 aromatic heterocycles. The molecule has 0 fully saturated rings. The molecule has 0 radical (unpaired) electrons. The van der Waals surface area contributed by atoms with Crippen LogP contribution in [0.2, 0.25) is 0 Å². The number of aromatic nitrogens is 3. The fourth-order valence-corrected chi connectivity index (χ4v) is 5.09. The van der Waals surface area contributed by atoms with E-state index >= 15 is 0 Å². The first kappa shape index (κ1) is 22.3. The van der Waals surface area contributed by atoms with Crippen molar-refractivity contribution in [1.82, 2.24) is 20.1 Å². The van der Waals surface area contributed by atoms with Gasteiger partial charge in [0.05, 0.1) is 29.5 Å². The molecule has 34 heavy (non-hydrogen) atoms. The van der Waals surface area contributed by atoms with Crippen LogP contribution in [0.1, 0.15) is 18.5 Å². The molecule has 0 spiro atoms. The highest BCUT2D eigenvalue weighted by Gasteiger charge is 2.21. The second kappa shape index (κ2) is 9.78. The Balaban J connectivity index is 1.34. The van der Waals surface area contributed by atoms with E-state index in [0.29, 0.717) is 22.5 Å². The molecule has 0 aliphatic carbocycles. The first-order valence-corrected chi connectivity index (χ1v) is 12.4. The molecule has 1 atom stereocenters. The number of carbonyl (C=O) groups excluding carboxylic acids is 1. The molecule has 0 saturated carbocycles. The van der Waals surface area contributed by atoms with Crippen LogP contribution in [0.4, 0.5) is 0 Å². The number of hydrogen-bond acceptors (Lipinski definition) is 8. The summed E-state index contributed by atoms with van der Waals surface area (Å²) in [4.78, 5) is 13.8. The smallest absolute Gasteiger partial charge is 0.231 e. The molecule has 1 amide bonds. The highest BCUT2D eigenvalue weighted by Crippen LogP contribution is 2.35. The predicted molar refractivity (Wildman–Crippen MR) is 131 cm³/mol. The lowest BCUT2D eigenvalue weighted by atomic mass is 10.1. The van der Waals surface area contributed by atoms with Gasteiger partial charge >= 0.3 is 0 Å². The summed E-state index contributed by atoms with van der Waals surface area (Å²) in [5.74, 6) is 2.89. The Hall–Kier alpha value is -3.50. The number of thioether (sulfide) groups is 1. The number of ether oxygens (including phenoxy) is 3. The normalized spacial score (nSPS) is 13.0.